The van der Waals surface area contributed by atoms with E-state index >= 15 is 0 Å². The van der Waals surface area contributed by atoms with E-state index < -0.39 is 12.1 Å². The average molecular weight is 667 g/mol. The number of carbonyl (C=O) groups excluding carboxylic acids is 1. The molecule has 0 radical (unpaired) electrons. The van der Waals surface area contributed by atoms with E-state index in [2.05, 4.69) is 31.2 Å². The van der Waals surface area contributed by atoms with Crippen LogP contribution < -0.4 is 25.4 Å². The van der Waals surface area contributed by atoms with Crippen molar-refractivity contribution in [3.05, 3.63) is 83.5 Å². The van der Waals surface area contributed by atoms with Gasteiger partial charge in [0.25, 0.3) is 0 Å². The maximum Gasteiger partial charge on any atom is 0.409 e. The number of ether oxygens (including phenoxy) is 2. The topological polar surface area (TPSA) is 138 Å². The van der Waals surface area contributed by atoms with E-state index in [-0.39, 0.29) is 16.9 Å². The highest BCUT2D eigenvalue weighted by Crippen LogP contribution is 2.40. The van der Waals surface area contributed by atoms with Gasteiger partial charge < -0.3 is 25.2 Å². The number of urea groups is 1. The van der Waals surface area contributed by atoms with E-state index in [0.717, 1.165) is 52.4 Å². The van der Waals surface area contributed by atoms with Crippen molar-refractivity contribution < 1.29 is 24.2 Å². The number of carboxylic acid groups (broad SMARTS) is 1. The Hall–Kier alpha value is -5.20. The number of likely N-dealkylation sites (tertiary alicyclic amines) is 1. The first-order valence-electron chi connectivity index (χ1n) is 15.7. The van der Waals surface area contributed by atoms with Gasteiger partial charge >= 0.3 is 12.1 Å². The lowest BCUT2D eigenvalue weighted by molar-refractivity contribution is 0.209. The fourth-order valence-corrected chi connectivity index (χ4v) is 6.49. The molecule has 48 heavy (non-hydrogen) atoms. The Morgan fingerprint density at radius 3 is 2.35 bits per heavy atom. The fourth-order valence-electron chi connectivity index (χ4n) is 5.71. The molecule has 0 unspecified atom stereocenters. The van der Waals surface area contributed by atoms with Crippen molar-refractivity contribution >= 4 is 51.3 Å². The van der Waals surface area contributed by atoms with Crippen LogP contribution in [0, 0.1) is 0 Å². The van der Waals surface area contributed by atoms with Gasteiger partial charge in [-0.2, -0.15) is 0 Å². The molecule has 1 aliphatic rings. The molecule has 3 aromatic carbocycles. The zero-order valence-electron chi connectivity index (χ0n) is 27.3. The van der Waals surface area contributed by atoms with Crippen LogP contribution in [-0.2, 0) is 12.0 Å². The summed E-state index contributed by atoms with van der Waals surface area (Å²) in [6.45, 7) is 9.09. The maximum atomic E-state index is 13.4. The molecule has 0 spiro atoms. The quantitative estimate of drug-likeness (QED) is 0.122. The van der Waals surface area contributed by atoms with Crippen molar-refractivity contribution in [2.45, 2.75) is 45.6 Å². The number of hydrogen-bond acceptors (Lipinski definition) is 8. The van der Waals surface area contributed by atoms with Gasteiger partial charge in [-0.1, -0.05) is 45.0 Å². The maximum absolute atomic E-state index is 13.4. The molecule has 0 atom stereocenters. The highest BCUT2D eigenvalue weighted by molar-refractivity contribution is 7.13. The van der Waals surface area contributed by atoms with Gasteiger partial charge in [0.1, 0.15) is 22.2 Å². The summed E-state index contributed by atoms with van der Waals surface area (Å²) in [6, 6.07) is 17.9. The zero-order valence-corrected chi connectivity index (χ0v) is 28.1. The number of pyridine rings is 1. The lowest BCUT2D eigenvalue weighted by atomic mass is 9.86. The molecule has 1 fully saturated rings. The number of thiazole rings is 1. The fraction of sp³-hybridized carbons (Fsp3) is 0.278. The molecule has 6 rings (SSSR count). The van der Waals surface area contributed by atoms with Gasteiger partial charge in [0.2, 0.25) is 0 Å². The Bertz CT molecular complexity index is 1960. The highest BCUT2D eigenvalue weighted by Gasteiger charge is 2.22. The van der Waals surface area contributed by atoms with Crippen LogP contribution in [0.3, 0.4) is 0 Å². The molecular formula is C36H38N6O5S. The van der Waals surface area contributed by atoms with Crippen molar-refractivity contribution in [1.82, 2.24) is 14.9 Å². The normalized spacial score (nSPS) is 13.3. The Morgan fingerprint density at radius 2 is 1.65 bits per heavy atom. The number of rotatable bonds is 9. The van der Waals surface area contributed by atoms with Crippen LogP contribution in [0.5, 0.6) is 17.2 Å². The monoisotopic (exact) mass is 666 g/mol. The Morgan fingerprint density at radius 1 is 0.938 bits per heavy atom. The molecule has 0 saturated carbocycles. The first-order valence-corrected chi connectivity index (χ1v) is 16.6. The third-order valence-electron chi connectivity index (χ3n) is 8.10. The number of amides is 3. The number of benzene rings is 3. The van der Waals surface area contributed by atoms with Crippen LogP contribution >= 0.6 is 11.3 Å². The van der Waals surface area contributed by atoms with E-state index in [0.29, 0.717) is 22.9 Å². The van der Waals surface area contributed by atoms with Gasteiger partial charge in [0.05, 0.1) is 29.9 Å². The smallest absolute Gasteiger partial charge is 0.409 e. The summed E-state index contributed by atoms with van der Waals surface area (Å²) in [4.78, 5) is 36.7. The van der Waals surface area contributed by atoms with Gasteiger partial charge in [-0.3, -0.25) is 15.2 Å². The van der Waals surface area contributed by atoms with E-state index in [1.54, 1.807) is 35.7 Å². The van der Waals surface area contributed by atoms with Crippen LogP contribution in [0.25, 0.3) is 21.5 Å². The van der Waals surface area contributed by atoms with Crippen LogP contribution in [0.4, 0.5) is 26.7 Å². The minimum absolute atomic E-state index is 0.200. The number of aromatic nitrogens is 2. The molecular weight excluding hydrogens is 629 g/mol. The second-order valence-corrected chi connectivity index (χ2v) is 13.5. The minimum atomic E-state index is -1.24. The van der Waals surface area contributed by atoms with Crippen molar-refractivity contribution in [3.63, 3.8) is 0 Å². The predicted molar refractivity (Wildman–Crippen MR) is 190 cm³/mol. The Labute approximate surface area is 282 Å². The molecule has 2 aromatic heterocycles. The van der Waals surface area contributed by atoms with E-state index in [1.807, 2.05) is 63.2 Å². The largest absolute Gasteiger partial charge is 0.492 e. The van der Waals surface area contributed by atoms with Crippen molar-refractivity contribution in [2.24, 2.45) is 0 Å². The van der Waals surface area contributed by atoms with Crippen LogP contribution in [0.1, 0.15) is 44.9 Å². The summed E-state index contributed by atoms with van der Waals surface area (Å²) in [5.41, 5.74) is 3.41. The van der Waals surface area contributed by atoms with E-state index in [4.69, 9.17) is 14.5 Å². The summed E-state index contributed by atoms with van der Waals surface area (Å²) >= 11 is 1.58. The minimum Gasteiger partial charge on any atom is -0.492 e. The van der Waals surface area contributed by atoms with Crippen LogP contribution in [-0.4, -0.2) is 52.3 Å². The number of nitrogens with one attached hydrogen (secondary N) is 3. The number of fused-ring (bicyclic) bond motifs is 1. The van der Waals surface area contributed by atoms with E-state index in [1.165, 1.54) is 20.0 Å². The molecule has 248 valence electrons. The van der Waals surface area contributed by atoms with Crippen molar-refractivity contribution in [1.29, 1.82) is 0 Å². The average Bonchev–Trinajstić information content (AvgIpc) is 3.74. The molecule has 12 heteroatoms. The summed E-state index contributed by atoms with van der Waals surface area (Å²) in [7, 11) is 1.42. The summed E-state index contributed by atoms with van der Waals surface area (Å²) in [5.74, 6) is 1.44. The molecule has 1 saturated heterocycles. The number of carbonyl (C=O) groups is 2. The molecule has 5 aromatic rings. The van der Waals surface area contributed by atoms with Gasteiger partial charge in [-0.15, -0.1) is 11.3 Å². The molecule has 4 N–H and O–H groups in total. The van der Waals surface area contributed by atoms with Gasteiger partial charge in [0, 0.05) is 35.0 Å². The Kier molecular flexibility index (Phi) is 9.47. The zero-order chi connectivity index (χ0) is 33.8. The molecule has 1 aliphatic heterocycles. The number of methoxy groups -OCH3 is 1. The van der Waals surface area contributed by atoms with E-state index in [9.17, 15) is 14.7 Å². The SMILES string of the molecule is COc1c(NC(=O)O)cc(C(C)(C)C)cc1NC(=O)Nc1ccc(Oc2ccnc(-c3nc(CN4CCCC4)cs3)c2)c2ccccc12. The van der Waals surface area contributed by atoms with Crippen molar-refractivity contribution in [2.75, 3.05) is 36.1 Å². The third-order valence-corrected chi connectivity index (χ3v) is 9.01. The third kappa shape index (κ3) is 7.50. The molecule has 0 bridgehead atoms. The van der Waals surface area contributed by atoms with Gasteiger partial charge in [-0.25, -0.2) is 14.6 Å². The van der Waals surface area contributed by atoms with Gasteiger partial charge in [0.15, 0.2) is 5.75 Å². The molecule has 3 amide bonds. The summed E-state index contributed by atoms with van der Waals surface area (Å²) in [6.07, 6.45) is 2.96. The number of anilines is 3. The lowest BCUT2D eigenvalue weighted by Gasteiger charge is -2.23. The summed E-state index contributed by atoms with van der Waals surface area (Å²) < 4.78 is 11.9. The van der Waals surface area contributed by atoms with Gasteiger partial charge in [-0.05, 0) is 67.2 Å². The first-order chi connectivity index (χ1) is 23.1. The highest BCUT2D eigenvalue weighted by atomic mass is 32.1. The number of hydrogen-bond donors (Lipinski definition) is 4. The first kappa shape index (κ1) is 32.7. The lowest BCUT2D eigenvalue weighted by Crippen LogP contribution is -2.22. The molecule has 11 nitrogen and oxygen atoms in total. The van der Waals surface area contributed by atoms with Crippen LogP contribution in [0.15, 0.2) is 72.2 Å². The predicted octanol–water partition coefficient (Wildman–Crippen LogP) is 8.79. The molecule has 3 heterocycles. The summed E-state index contributed by atoms with van der Waals surface area (Å²) in [5, 5.41) is 22.1. The molecule has 0 aliphatic carbocycles. The second kappa shape index (κ2) is 13.9. The van der Waals surface area contributed by atoms with Crippen molar-refractivity contribution in [3.8, 4) is 28.0 Å². The van der Waals surface area contributed by atoms with Crippen LogP contribution in [0.2, 0.25) is 0 Å². The Balaban J connectivity index is 1.22. The standard InChI is InChI=1S/C36H38N6O5S/c1-36(2,3)22-17-28(32(46-4)29(18-22)41-35(44)45)40-34(43)39-27-11-12-31(26-10-6-5-9-25(26)27)47-24-13-14-37-30(19-24)33-38-23(21-48-33)20-42-15-7-8-16-42/h5-6,9-14,17-19,21,41H,7-8,15-16,20H2,1-4H3,(H,44,45)(H2,39,40,43). The second-order valence-electron chi connectivity index (χ2n) is 12.6. The number of nitrogens with zero attached hydrogens (tertiary/aromatic N) is 3.